The van der Waals surface area contributed by atoms with Gasteiger partial charge in [-0.05, 0) is 12.1 Å². The lowest BCUT2D eigenvalue weighted by atomic mass is 10.4. The molecule has 13 heavy (non-hydrogen) atoms. The summed E-state index contributed by atoms with van der Waals surface area (Å²) in [6, 6.07) is 7.70. The highest BCUT2D eigenvalue weighted by Crippen LogP contribution is 2.11. The number of fused-ring (bicyclic) bond motifs is 1. The molecule has 0 saturated carbocycles. The highest BCUT2D eigenvalue weighted by Gasteiger charge is 1.99. The average molecular weight is 178 g/mol. The molecule has 0 unspecified atom stereocenters. The number of hydrogen-bond donors (Lipinski definition) is 0. The van der Waals surface area contributed by atoms with Crippen LogP contribution in [0.25, 0.3) is 5.52 Å². The van der Waals surface area contributed by atoms with Crippen molar-refractivity contribution in [2.75, 3.05) is 13.9 Å². The zero-order valence-corrected chi connectivity index (χ0v) is 7.30. The number of ether oxygens (including phenoxy) is 2. The van der Waals surface area contributed by atoms with Crippen molar-refractivity contribution in [1.82, 2.24) is 9.61 Å². The summed E-state index contributed by atoms with van der Waals surface area (Å²) in [4.78, 5) is 0. The van der Waals surface area contributed by atoms with E-state index in [1.165, 1.54) is 0 Å². The predicted molar refractivity (Wildman–Crippen MR) is 47.7 cm³/mol. The van der Waals surface area contributed by atoms with Gasteiger partial charge in [0.1, 0.15) is 0 Å². The first-order valence-electron chi connectivity index (χ1n) is 3.96. The van der Waals surface area contributed by atoms with Crippen LogP contribution in [0.2, 0.25) is 0 Å². The van der Waals surface area contributed by atoms with Gasteiger partial charge in [-0.15, -0.1) is 5.10 Å². The molecule has 0 N–H and O–H groups in total. The van der Waals surface area contributed by atoms with E-state index in [2.05, 4.69) is 5.10 Å². The number of nitrogens with zero attached hydrogens (tertiary/aromatic N) is 2. The van der Waals surface area contributed by atoms with E-state index in [1.54, 1.807) is 11.6 Å². The number of aromatic nitrogens is 2. The van der Waals surface area contributed by atoms with Gasteiger partial charge in [-0.1, -0.05) is 6.07 Å². The first-order chi connectivity index (χ1) is 6.40. The highest BCUT2D eigenvalue weighted by molar-refractivity contribution is 5.48. The summed E-state index contributed by atoms with van der Waals surface area (Å²) < 4.78 is 11.7. The van der Waals surface area contributed by atoms with Crippen molar-refractivity contribution in [1.29, 1.82) is 0 Å². The third kappa shape index (κ3) is 1.62. The molecule has 0 aliphatic heterocycles. The van der Waals surface area contributed by atoms with Crippen LogP contribution in [-0.2, 0) is 4.74 Å². The lowest BCUT2D eigenvalue weighted by Crippen LogP contribution is -1.99. The summed E-state index contributed by atoms with van der Waals surface area (Å²) in [6.45, 7) is 0.226. The fourth-order valence-corrected chi connectivity index (χ4v) is 1.10. The Hall–Kier alpha value is -1.55. The molecule has 2 heterocycles. The van der Waals surface area contributed by atoms with Crippen molar-refractivity contribution in [3.8, 4) is 5.88 Å². The van der Waals surface area contributed by atoms with Crippen LogP contribution in [0.1, 0.15) is 0 Å². The van der Waals surface area contributed by atoms with Crippen molar-refractivity contribution < 1.29 is 9.47 Å². The summed E-state index contributed by atoms with van der Waals surface area (Å²) in [7, 11) is 1.58. The molecule has 68 valence electrons. The molecule has 0 aliphatic carbocycles. The van der Waals surface area contributed by atoms with Gasteiger partial charge in [0.05, 0.1) is 5.52 Å². The van der Waals surface area contributed by atoms with Gasteiger partial charge < -0.3 is 9.47 Å². The molecular formula is C9H10N2O2. The Balaban J connectivity index is 2.28. The van der Waals surface area contributed by atoms with Gasteiger partial charge in [0.25, 0.3) is 0 Å². The lowest BCUT2D eigenvalue weighted by molar-refractivity contribution is 0.0476. The zero-order chi connectivity index (χ0) is 9.10. The first-order valence-corrected chi connectivity index (χ1v) is 3.96. The van der Waals surface area contributed by atoms with Crippen molar-refractivity contribution >= 4 is 5.52 Å². The summed E-state index contributed by atoms with van der Waals surface area (Å²) >= 11 is 0. The number of hydrogen-bond acceptors (Lipinski definition) is 3. The van der Waals surface area contributed by atoms with Crippen molar-refractivity contribution in [3.05, 3.63) is 30.5 Å². The standard InChI is InChI=1S/C9H10N2O2/c1-12-7-13-9-6-8-4-2-3-5-11(8)10-9/h2-6H,7H2,1H3. The monoisotopic (exact) mass is 178 g/mol. The van der Waals surface area contributed by atoms with E-state index in [4.69, 9.17) is 9.47 Å². The molecule has 2 aromatic rings. The first kappa shape index (κ1) is 8.07. The molecule has 2 aromatic heterocycles. The van der Waals surface area contributed by atoms with Gasteiger partial charge in [0, 0.05) is 19.4 Å². The second-order valence-electron chi connectivity index (χ2n) is 2.60. The molecular weight excluding hydrogens is 168 g/mol. The molecule has 0 bridgehead atoms. The van der Waals surface area contributed by atoms with Crippen LogP contribution in [0, 0.1) is 0 Å². The van der Waals surface area contributed by atoms with E-state index in [0.717, 1.165) is 5.52 Å². The third-order valence-electron chi connectivity index (χ3n) is 1.67. The molecule has 0 fully saturated rings. The van der Waals surface area contributed by atoms with Crippen molar-refractivity contribution in [3.63, 3.8) is 0 Å². The van der Waals surface area contributed by atoms with Crippen LogP contribution in [0.5, 0.6) is 5.88 Å². The highest BCUT2D eigenvalue weighted by atomic mass is 16.7. The van der Waals surface area contributed by atoms with Crippen LogP contribution < -0.4 is 4.74 Å². The van der Waals surface area contributed by atoms with E-state index < -0.39 is 0 Å². The summed E-state index contributed by atoms with van der Waals surface area (Å²) in [5.41, 5.74) is 1.01. The third-order valence-corrected chi connectivity index (χ3v) is 1.67. The molecule has 4 heteroatoms. The number of pyridine rings is 1. The lowest BCUT2D eigenvalue weighted by Gasteiger charge is -1.97. The fraction of sp³-hybridized carbons (Fsp3) is 0.222. The Morgan fingerprint density at radius 1 is 1.46 bits per heavy atom. The van der Waals surface area contributed by atoms with Crippen molar-refractivity contribution in [2.45, 2.75) is 0 Å². The van der Waals surface area contributed by atoms with Gasteiger partial charge >= 0.3 is 0 Å². The molecule has 0 spiro atoms. The van der Waals surface area contributed by atoms with Crippen LogP contribution in [0.15, 0.2) is 30.5 Å². The summed E-state index contributed by atoms with van der Waals surface area (Å²) in [5.74, 6) is 0.577. The number of rotatable bonds is 3. The molecule has 0 aromatic carbocycles. The minimum Gasteiger partial charge on any atom is -0.449 e. The van der Waals surface area contributed by atoms with E-state index in [9.17, 15) is 0 Å². The number of methoxy groups -OCH3 is 1. The Bertz CT molecular complexity index is 364. The summed E-state index contributed by atoms with van der Waals surface area (Å²) in [5, 5.41) is 4.16. The maximum atomic E-state index is 5.19. The minimum absolute atomic E-state index is 0.226. The molecule has 0 amide bonds. The SMILES string of the molecule is COCOc1cc2ccccn2n1. The largest absolute Gasteiger partial charge is 0.449 e. The topological polar surface area (TPSA) is 35.8 Å². The van der Waals surface area contributed by atoms with Crippen LogP contribution in [-0.4, -0.2) is 23.5 Å². The van der Waals surface area contributed by atoms with Gasteiger partial charge in [0.15, 0.2) is 6.79 Å². The molecule has 0 saturated heterocycles. The average Bonchev–Trinajstić information content (AvgIpc) is 2.57. The van der Waals surface area contributed by atoms with E-state index in [-0.39, 0.29) is 6.79 Å². The molecule has 2 rings (SSSR count). The van der Waals surface area contributed by atoms with Gasteiger partial charge in [-0.3, -0.25) is 0 Å². The van der Waals surface area contributed by atoms with Gasteiger partial charge in [0.2, 0.25) is 5.88 Å². The second kappa shape index (κ2) is 3.45. The smallest absolute Gasteiger partial charge is 0.235 e. The quantitative estimate of drug-likeness (QED) is 0.665. The maximum Gasteiger partial charge on any atom is 0.235 e. The van der Waals surface area contributed by atoms with E-state index in [0.29, 0.717) is 5.88 Å². The van der Waals surface area contributed by atoms with Crippen molar-refractivity contribution in [2.24, 2.45) is 0 Å². The Morgan fingerprint density at radius 3 is 3.15 bits per heavy atom. The molecule has 0 radical (unpaired) electrons. The fourth-order valence-electron chi connectivity index (χ4n) is 1.10. The van der Waals surface area contributed by atoms with Gasteiger partial charge in [-0.25, -0.2) is 4.52 Å². The predicted octanol–water partition coefficient (Wildman–Crippen LogP) is 1.32. The molecule has 4 nitrogen and oxygen atoms in total. The molecule has 0 atom stereocenters. The van der Waals surface area contributed by atoms with Crippen LogP contribution in [0.3, 0.4) is 0 Å². The normalized spacial score (nSPS) is 10.5. The summed E-state index contributed by atoms with van der Waals surface area (Å²) in [6.07, 6.45) is 1.87. The van der Waals surface area contributed by atoms with Crippen LogP contribution in [0.4, 0.5) is 0 Å². The Labute approximate surface area is 75.7 Å². The van der Waals surface area contributed by atoms with Gasteiger partial charge in [-0.2, -0.15) is 0 Å². The van der Waals surface area contributed by atoms with E-state index >= 15 is 0 Å². The zero-order valence-electron chi connectivity index (χ0n) is 7.30. The Morgan fingerprint density at radius 2 is 2.38 bits per heavy atom. The van der Waals surface area contributed by atoms with E-state index in [1.807, 2.05) is 30.5 Å². The Kier molecular flexibility index (Phi) is 2.14. The second-order valence-corrected chi connectivity index (χ2v) is 2.60. The molecule has 0 aliphatic rings. The minimum atomic E-state index is 0.226. The maximum absolute atomic E-state index is 5.19. The van der Waals surface area contributed by atoms with Crippen LogP contribution >= 0.6 is 0 Å².